The number of carboxylic acid groups (broad SMARTS) is 4. The van der Waals surface area contributed by atoms with E-state index in [0.29, 0.717) is 103 Å². The molecule has 85 heavy (non-hydrogen) atoms. The number of aliphatic carboxylic acids is 4. The summed E-state index contributed by atoms with van der Waals surface area (Å²) in [5.41, 5.74) is 0. The molecule has 0 heterocycles. The predicted molar refractivity (Wildman–Crippen MR) is 302 cm³/mol. The van der Waals surface area contributed by atoms with E-state index in [1.54, 1.807) is 27.7 Å². The van der Waals surface area contributed by atoms with Gasteiger partial charge >= 0.3 is 21.7 Å². The van der Waals surface area contributed by atoms with Crippen LogP contribution in [-0.4, -0.2) is 174 Å². The van der Waals surface area contributed by atoms with Crippen molar-refractivity contribution in [1.82, 2.24) is 0 Å². The van der Waals surface area contributed by atoms with Crippen LogP contribution < -0.4 is 20.4 Å². The quantitative estimate of drug-likeness (QED) is 0.0467. The van der Waals surface area contributed by atoms with Gasteiger partial charge in [-0.05, 0) is 103 Å². The largest absolute Gasteiger partial charge is 4.00 e. The Balaban J connectivity index is -0.000000333. The SMILES string of the molecule is CCCOC(CC)C(=O)C(OCCC)(OCCC)C(=O)[O-].CCCOC(CC)C(=O)C(OCCC)(OCCC)C(=O)[O-].CCCOC(CC)C(=O)C(OCCC)(OCCC)C(=O)[O-].CCCOC(CC)C(=O)C(OCCC)(OCCC)C(=O)[O-].[Ti+4]. The Bertz CT molecular complexity index is 1480. The smallest absolute Gasteiger partial charge is 0.544 e. The number of ketones is 4. The van der Waals surface area contributed by atoms with E-state index < -0.39 is 94.6 Å². The fraction of sp³-hybridized carbons (Fsp3) is 0.867. The summed E-state index contributed by atoms with van der Waals surface area (Å²) >= 11 is 0. The molecule has 25 heteroatoms. The second-order valence-electron chi connectivity index (χ2n) is 18.9. The summed E-state index contributed by atoms with van der Waals surface area (Å²) in [6.45, 7) is 31.3. The molecule has 0 aliphatic heterocycles. The Morgan fingerprint density at radius 1 is 0.247 bits per heavy atom. The van der Waals surface area contributed by atoms with Crippen LogP contribution in [0.2, 0.25) is 0 Å². The fourth-order valence-electron chi connectivity index (χ4n) is 6.98. The van der Waals surface area contributed by atoms with Crippen molar-refractivity contribution in [2.24, 2.45) is 0 Å². The molecule has 24 nitrogen and oxygen atoms in total. The minimum atomic E-state index is -2.37. The maximum absolute atomic E-state index is 12.6. The molecule has 0 fully saturated rings. The third-order valence-corrected chi connectivity index (χ3v) is 11.2. The summed E-state index contributed by atoms with van der Waals surface area (Å²) in [6.07, 6.45) is 5.27. The maximum atomic E-state index is 12.6. The van der Waals surface area contributed by atoms with Gasteiger partial charge in [0, 0.05) is 26.4 Å². The monoisotopic (exact) mass is 1260 g/mol. The van der Waals surface area contributed by atoms with Crippen LogP contribution in [0, 0.1) is 0 Å². The maximum Gasteiger partial charge on any atom is 4.00 e. The van der Waals surface area contributed by atoms with Crippen molar-refractivity contribution in [1.29, 1.82) is 0 Å². The third-order valence-electron chi connectivity index (χ3n) is 11.2. The zero-order valence-electron chi connectivity index (χ0n) is 54.4. The van der Waals surface area contributed by atoms with Crippen LogP contribution in [0.1, 0.15) is 214 Å². The summed E-state index contributed by atoms with van der Waals surface area (Å²) in [4.78, 5) is 96.4. The second-order valence-corrected chi connectivity index (χ2v) is 18.9. The second kappa shape index (κ2) is 54.9. The average Bonchev–Trinajstić information content (AvgIpc) is 3.62. The van der Waals surface area contributed by atoms with Crippen molar-refractivity contribution in [2.75, 3.05) is 79.3 Å². The van der Waals surface area contributed by atoms with Gasteiger partial charge in [0.2, 0.25) is 23.1 Å². The first kappa shape index (κ1) is 90.5. The zero-order valence-corrected chi connectivity index (χ0v) is 56.0. The van der Waals surface area contributed by atoms with Gasteiger partial charge in [-0.2, -0.15) is 0 Å². The van der Waals surface area contributed by atoms with E-state index in [9.17, 15) is 58.8 Å². The van der Waals surface area contributed by atoms with E-state index in [1.807, 2.05) is 83.1 Å². The summed E-state index contributed by atoms with van der Waals surface area (Å²) in [5, 5.41) is 46.1. The first-order chi connectivity index (χ1) is 40.0. The number of carbonyl (C=O) groups is 8. The zero-order chi connectivity index (χ0) is 65.2. The molecule has 4 unspecified atom stereocenters. The molecule has 0 amide bonds. The number of hydrogen-bond acceptors (Lipinski definition) is 24. The van der Waals surface area contributed by atoms with Gasteiger partial charge in [-0.15, -0.1) is 0 Å². The van der Waals surface area contributed by atoms with Crippen LogP contribution in [0.25, 0.3) is 0 Å². The van der Waals surface area contributed by atoms with Crippen molar-refractivity contribution >= 4 is 47.0 Å². The fourth-order valence-corrected chi connectivity index (χ4v) is 6.98. The molecular weight excluding hydrogens is 1150 g/mol. The molecule has 0 saturated carbocycles. The molecule has 4 atom stereocenters. The number of carboxylic acids is 4. The average molecular weight is 1260 g/mol. The molecule has 0 aromatic heterocycles. The van der Waals surface area contributed by atoms with Crippen molar-refractivity contribution in [2.45, 2.75) is 261 Å². The first-order valence-corrected chi connectivity index (χ1v) is 30.6. The van der Waals surface area contributed by atoms with Crippen molar-refractivity contribution in [3.8, 4) is 0 Å². The van der Waals surface area contributed by atoms with E-state index in [-0.39, 0.29) is 74.6 Å². The molecular formula is C60H108O24Ti. The van der Waals surface area contributed by atoms with Gasteiger partial charge in [0.1, 0.15) is 48.3 Å². The molecule has 0 spiro atoms. The van der Waals surface area contributed by atoms with Crippen LogP contribution in [0.5, 0.6) is 0 Å². The van der Waals surface area contributed by atoms with Crippen LogP contribution in [-0.2, 0) is 117 Å². The van der Waals surface area contributed by atoms with Gasteiger partial charge in [0.15, 0.2) is 0 Å². The number of ether oxygens (including phenoxy) is 12. The summed E-state index contributed by atoms with van der Waals surface area (Å²) in [5.74, 6) is -19.1. The molecule has 0 aromatic carbocycles. The van der Waals surface area contributed by atoms with E-state index in [0.717, 1.165) is 25.7 Å². The van der Waals surface area contributed by atoms with Gasteiger partial charge < -0.3 is 96.4 Å². The molecule has 0 aliphatic carbocycles. The summed E-state index contributed by atoms with van der Waals surface area (Å²) in [7, 11) is 0. The van der Waals surface area contributed by atoms with Crippen LogP contribution >= 0.6 is 0 Å². The number of rotatable bonds is 52. The van der Waals surface area contributed by atoms with Gasteiger partial charge in [-0.25, -0.2) is 0 Å². The van der Waals surface area contributed by atoms with Gasteiger partial charge in [-0.1, -0.05) is 111 Å². The first-order valence-electron chi connectivity index (χ1n) is 30.6. The predicted octanol–water partition coefficient (Wildman–Crippen LogP) is 4.24. The van der Waals surface area contributed by atoms with Crippen LogP contribution in [0.4, 0.5) is 0 Å². The van der Waals surface area contributed by atoms with Gasteiger partial charge in [0.25, 0.3) is 23.1 Å². The van der Waals surface area contributed by atoms with E-state index in [2.05, 4.69) is 0 Å². The van der Waals surface area contributed by atoms with E-state index >= 15 is 0 Å². The van der Waals surface area contributed by atoms with Crippen molar-refractivity contribution in [3.63, 3.8) is 0 Å². The normalized spacial score (nSPS) is 13.0. The minimum Gasteiger partial charge on any atom is -0.544 e. The molecule has 0 saturated heterocycles. The molecule has 0 bridgehead atoms. The van der Waals surface area contributed by atoms with Gasteiger partial charge in [-0.3, -0.25) is 19.2 Å². The number of Topliss-reactive ketones (excluding diaryl/α,β-unsaturated/α-hetero) is 4. The summed E-state index contributed by atoms with van der Waals surface area (Å²) < 4.78 is 63.7. The van der Waals surface area contributed by atoms with Gasteiger partial charge in [0.05, 0.1) is 52.9 Å². The number of hydrogen-bond donors (Lipinski definition) is 0. The molecule has 0 rings (SSSR count). The molecule has 0 N–H and O–H groups in total. The summed E-state index contributed by atoms with van der Waals surface area (Å²) in [6, 6.07) is 0. The topological polar surface area (TPSA) is 340 Å². The molecule has 0 aliphatic rings. The van der Waals surface area contributed by atoms with E-state index in [4.69, 9.17) is 56.8 Å². The Labute approximate surface area is 522 Å². The molecule has 0 aromatic rings. The van der Waals surface area contributed by atoms with E-state index in [1.165, 1.54) is 0 Å². The molecule has 0 radical (unpaired) electrons. The third kappa shape index (κ3) is 32.2. The Kier molecular flexibility index (Phi) is 58.5. The Morgan fingerprint density at radius 2 is 0.365 bits per heavy atom. The molecule has 496 valence electrons. The Morgan fingerprint density at radius 3 is 0.447 bits per heavy atom. The van der Waals surface area contributed by atoms with Crippen LogP contribution in [0.3, 0.4) is 0 Å². The Hall–Kier alpha value is -3.21. The minimum absolute atomic E-state index is 0. The standard InChI is InChI=1S/4C15H28O6.Ti/c4*1-5-9-19-12(8-4)13(16)15(14(17)18,20-10-6-2)21-11-7-3;/h4*12H,5-11H2,1-4H3,(H,17,18);/q;;;;+4/p-4. The number of carbonyl (C=O) groups excluding carboxylic acids is 8. The van der Waals surface area contributed by atoms with Crippen LogP contribution in [0.15, 0.2) is 0 Å². The van der Waals surface area contributed by atoms with Crippen molar-refractivity contribution < 1.29 is 137 Å². The van der Waals surface area contributed by atoms with Crippen molar-refractivity contribution in [3.05, 3.63) is 0 Å².